The fourth-order valence-electron chi connectivity index (χ4n) is 4.43. The van der Waals surface area contributed by atoms with Crippen LogP contribution in [0.3, 0.4) is 0 Å². The van der Waals surface area contributed by atoms with Crippen LogP contribution in [0.25, 0.3) is 11.4 Å². The van der Waals surface area contributed by atoms with E-state index >= 15 is 0 Å². The number of benzene rings is 2. The van der Waals surface area contributed by atoms with Crippen LogP contribution in [-0.2, 0) is 21.5 Å². The van der Waals surface area contributed by atoms with Gasteiger partial charge in [-0.2, -0.15) is 0 Å². The highest BCUT2D eigenvalue weighted by Crippen LogP contribution is 2.27. The van der Waals surface area contributed by atoms with Gasteiger partial charge in [-0.05, 0) is 39.3 Å². The first kappa shape index (κ1) is 25.0. The van der Waals surface area contributed by atoms with Gasteiger partial charge in [0.25, 0.3) is 0 Å². The number of carbonyl (C=O) groups is 2. The molecule has 2 heterocycles. The fraction of sp³-hybridized carbons (Fsp3) is 0.407. The lowest BCUT2D eigenvalue weighted by Crippen LogP contribution is -2.54. The summed E-state index contributed by atoms with van der Waals surface area (Å²) >= 11 is 1.42. The lowest BCUT2D eigenvalue weighted by Gasteiger charge is -2.38. The quantitative estimate of drug-likeness (QED) is 0.467. The molecule has 0 radical (unpaired) electrons. The molecule has 0 aliphatic carbocycles. The third-order valence-corrected chi connectivity index (χ3v) is 7.54. The second-order valence-electron chi connectivity index (χ2n) is 9.37. The Labute approximate surface area is 211 Å². The van der Waals surface area contributed by atoms with Crippen molar-refractivity contribution in [3.63, 3.8) is 0 Å². The molecule has 1 aliphatic heterocycles. The molecule has 1 aromatic heterocycles. The summed E-state index contributed by atoms with van der Waals surface area (Å²) < 4.78 is 2.05. The van der Waals surface area contributed by atoms with Gasteiger partial charge in [-0.15, -0.1) is 10.2 Å². The second-order valence-corrected chi connectivity index (χ2v) is 10.3. The average Bonchev–Trinajstić information content (AvgIpc) is 3.30. The Morgan fingerprint density at radius 2 is 1.63 bits per heavy atom. The van der Waals surface area contributed by atoms with Gasteiger partial charge >= 0.3 is 0 Å². The van der Waals surface area contributed by atoms with Crippen molar-refractivity contribution < 1.29 is 9.59 Å². The number of nitrogens with zero attached hydrogens (tertiary/aromatic N) is 5. The predicted molar refractivity (Wildman–Crippen MR) is 139 cm³/mol. The normalized spacial score (nSPS) is 14.3. The smallest absolute Gasteiger partial charge is 0.233 e. The Morgan fingerprint density at radius 1 is 0.943 bits per heavy atom. The zero-order valence-corrected chi connectivity index (χ0v) is 21.7. The molecule has 1 fully saturated rings. The zero-order chi connectivity index (χ0) is 25.0. The van der Waals surface area contributed by atoms with Crippen molar-refractivity contribution in [2.24, 2.45) is 0 Å². The molecule has 35 heavy (non-hydrogen) atoms. The topological polar surface area (TPSA) is 71.3 Å². The highest BCUT2D eigenvalue weighted by Gasteiger charge is 2.35. The molecule has 2 aromatic carbocycles. The largest absolute Gasteiger partial charge is 0.338 e. The minimum atomic E-state index is -0.595. The summed E-state index contributed by atoms with van der Waals surface area (Å²) in [5.41, 5.74) is 2.60. The van der Waals surface area contributed by atoms with Gasteiger partial charge in [-0.25, -0.2) is 0 Å². The summed E-state index contributed by atoms with van der Waals surface area (Å²) in [6, 6.07) is 18.1. The Bertz CT molecular complexity index is 1180. The Balaban J connectivity index is 1.33. The van der Waals surface area contributed by atoms with Crippen molar-refractivity contribution in [3.8, 4) is 11.4 Å². The van der Waals surface area contributed by atoms with Crippen LogP contribution in [0.15, 0.2) is 59.8 Å². The van der Waals surface area contributed by atoms with Crippen LogP contribution in [0.2, 0.25) is 0 Å². The third kappa shape index (κ3) is 5.42. The van der Waals surface area contributed by atoms with Crippen LogP contribution in [-0.4, -0.2) is 68.3 Å². The molecule has 3 aromatic rings. The molecule has 0 unspecified atom stereocenters. The van der Waals surface area contributed by atoms with Crippen LogP contribution >= 0.6 is 11.8 Å². The molecule has 0 atom stereocenters. The minimum absolute atomic E-state index is 0.0622. The highest BCUT2D eigenvalue weighted by atomic mass is 32.2. The summed E-state index contributed by atoms with van der Waals surface area (Å²) in [5.74, 6) is 1.28. The number of hydrogen-bond acceptors (Lipinski definition) is 5. The number of aromatic nitrogens is 3. The number of rotatable bonds is 7. The van der Waals surface area contributed by atoms with Crippen molar-refractivity contribution in [1.29, 1.82) is 0 Å². The minimum Gasteiger partial charge on any atom is -0.338 e. The molecule has 0 saturated carbocycles. The van der Waals surface area contributed by atoms with Crippen LogP contribution in [0.1, 0.15) is 31.9 Å². The van der Waals surface area contributed by atoms with E-state index in [-0.39, 0.29) is 11.8 Å². The molecule has 4 rings (SSSR count). The van der Waals surface area contributed by atoms with Crippen molar-refractivity contribution in [2.75, 3.05) is 31.9 Å². The maximum absolute atomic E-state index is 13.2. The summed E-state index contributed by atoms with van der Waals surface area (Å²) in [6.07, 6.45) is 0. The molecule has 7 nitrogen and oxygen atoms in total. The number of piperazine rings is 1. The Kier molecular flexibility index (Phi) is 7.60. The number of carbonyl (C=O) groups excluding carboxylic acids is 2. The first-order valence-electron chi connectivity index (χ1n) is 12.1. The Morgan fingerprint density at radius 3 is 2.29 bits per heavy atom. The van der Waals surface area contributed by atoms with E-state index in [0.29, 0.717) is 31.9 Å². The van der Waals surface area contributed by atoms with E-state index in [4.69, 9.17) is 0 Å². The van der Waals surface area contributed by atoms with Gasteiger partial charge in [0, 0.05) is 38.3 Å². The number of amides is 2. The standard InChI is InChI=1S/C27H33N5O2S/c1-5-32-24(21-11-9-10-20(2)18-21)28-29-26(32)35-19-23(33)30-14-16-31(17-15-30)25(34)27(3,4)22-12-7-6-8-13-22/h6-13,18H,5,14-17,19H2,1-4H3. The molecule has 0 bridgehead atoms. The lowest BCUT2D eigenvalue weighted by atomic mass is 9.83. The van der Waals surface area contributed by atoms with Gasteiger partial charge < -0.3 is 14.4 Å². The van der Waals surface area contributed by atoms with Crippen molar-refractivity contribution in [2.45, 2.75) is 44.8 Å². The molecule has 2 amide bonds. The molecular formula is C27H33N5O2S. The first-order valence-corrected chi connectivity index (χ1v) is 13.1. The number of hydrogen-bond donors (Lipinski definition) is 0. The van der Waals surface area contributed by atoms with E-state index in [2.05, 4.69) is 40.7 Å². The number of aryl methyl sites for hydroxylation is 1. The summed E-state index contributed by atoms with van der Waals surface area (Å²) in [4.78, 5) is 29.9. The van der Waals surface area contributed by atoms with E-state index in [0.717, 1.165) is 28.7 Å². The summed E-state index contributed by atoms with van der Waals surface area (Å²) in [7, 11) is 0. The van der Waals surface area contributed by atoms with Crippen molar-refractivity contribution in [1.82, 2.24) is 24.6 Å². The lowest BCUT2D eigenvalue weighted by molar-refractivity contribution is -0.141. The van der Waals surface area contributed by atoms with E-state index < -0.39 is 5.41 Å². The molecule has 0 spiro atoms. The molecule has 1 saturated heterocycles. The van der Waals surface area contributed by atoms with Gasteiger partial charge in [-0.1, -0.05) is 65.9 Å². The van der Waals surface area contributed by atoms with Gasteiger partial charge in [0.2, 0.25) is 11.8 Å². The van der Waals surface area contributed by atoms with Crippen molar-refractivity contribution in [3.05, 3.63) is 65.7 Å². The zero-order valence-electron chi connectivity index (χ0n) is 20.9. The van der Waals surface area contributed by atoms with Gasteiger partial charge in [0.1, 0.15) is 0 Å². The van der Waals surface area contributed by atoms with Crippen LogP contribution in [0, 0.1) is 6.92 Å². The monoisotopic (exact) mass is 491 g/mol. The molecule has 1 aliphatic rings. The summed E-state index contributed by atoms with van der Waals surface area (Å²) in [5, 5.41) is 9.49. The molecule has 0 N–H and O–H groups in total. The van der Waals surface area contributed by atoms with Crippen LogP contribution in [0.5, 0.6) is 0 Å². The predicted octanol–water partition coefficient (Wildman–Crippen LogP) is 4.01. The maximum Gasteiger partial charge on any atom is 0.233 e. The SMILES string of the molecule is CCn1c(SCC(=O)N2CCN(C(=O)C(C)(C)c3ccccc3)CC2)nnc1-c1cccc(C)c1. The van der Waals surface area contributed by atoms with Gasteiger partial charge in [-0.3, -0.25) is 9.59 Å². The third-order valence-electron chi connectivity index (χ3n) is 6.58. The van der Waals surface area contributed by atoms with Crippen LogP contribution in [0.4, 0.5) is 0 Å². The van der Waals surface area contributed by atoms with Gasteiger partial charge in [0.15, 0.2) is 11.0 Å². The second kappa shape index (κ2) is 10.6. The Hall–Kier alpha value is -3.13. The van der Waals surface area contributed by atoms with E-state index in [1.165, 1.54) is 17.3 Å². The van der Waals surface area contributed by atoms with E-state index in [1.54, 1.807) is 0 Å². The molecule has 8 heteroatoms. The van der Waals surface area contributed by atoms with E-state index in [1.807, 2.05) is 66.1 Å². The molecular weight excluding hydrogens is 458 g/mol. The van der Waals surface area contributed by atoms with E-state index in [9.17, 15) is 9.59 Å². The van der Waals surface area contributed by atoms with Crippen molar-refractivity contribution >= 4 is 23.6 Å². The average molecular weight is 492 g/mol. The maximum atomic E-state index is 13.2. The number of thioether (sulfide) groups is 1. The molecule has 184 valence electrons. The highest BCUT2D eigenvalue weighted by molar-refractivity contribution is 7.99. The fourth-order valence-corrected chi connectivity index (χ4v) is 5.33. The summed E-state index contributed by atoms with van der Waals surface area (Å²) in [6.45, 7) is 11.0. The van der Waals surface area contributed by atoms with Crippen LogP contribution < -0.4 is 0 Å². The van der Waals surface area contributed by atoms with Gasteiger partial charge in [0.05, 0.1) is 11.2 Å². The first-order chi connectivity index (χ1) is 16.8.